The molecule has 41 heavy (non-hydrogen) atoms. The number of thioether (sulfide) groups is 1. The lowest BCUT2D eigenvalue weighted by molar-refractivity contribution is -0.122. The number of amides is 3. The highest BCUT2D eigenvalue weighted by molar-refractivity contribution is 8.00. The van der Waals surface area contributed by atoms with Gasteiger partial charge in [-0.2, -0.15) is 0 Å². The van der Waals surface area contributed by atoms with Crippen molar-refractivity contribution in [3.63, 3.8) is 0 Å². The standard InChI is InChI=1S/C28H17Cl3FN3O4S2/c29-14-3-8-17(9-4-14)35-25(37)22-21(13-1-5-15(32)6-2-13)24-27(40-23(22)26(35)38)34(28(39)41-24)12-20(36)33-16-7-10-18(30)19(31)11-16/h1-11,21-23H,12H2,(H,33,36)/t21-,22-,23+/m0/s1. The number of fused-ring (bicyclic) bond motifs is 2. The van der Waals surface area contributed by atoms with Crippen LogP contribution in [0.15, 0.2) is 76.6 Å². The fraction of sp³-hybridized carbons (Fsp3) is 0.143. The second kappa shape index (κ2) is 10.9. The third-order valence-corrected chi connectivity index (χ3v) is 10.5. The number of rotatable bonds is 5. The summed E-state index contributed by atoms with van der Waals surface area (Å²) in [5.41, 5.74) is 1.35. The van der Waals surface area contributed by atoms with Crippen LogP contribution in [0.25, 0.3) is 0 Å². The summed E-state index contributed by atoms with van der Waals surface area (Å²) in [6.45, 7) is -0.339. The maximum atomic E-state index is 13.9. The van der Waals surface area contributed by atoms with Gasteiger partial charge in [-0.1, -0.05) is 70.0 Å². The predicted octanol–water partition coefficient (Wildman–Crippen LogP) is 6.44. The number of nitrogens with one attached hydrogen (secondary N) is 1. The molecule has 1 fully saturated rings. The van der Waals surface area contributed by atoms with Gasteiger partial charge in [0.2, 0.25) is 17.7 Å². The topological polar surface area (TPSA) is 88.5 Å². The molecule has 208 valence electrons. The van der Waals surface area contributed by atoms with Gasteiger partial charge >= 0.3 is 4.87 Å². The van der Waals surface area contributed by atoms with Crippen molar-refractivity contribution in [3.05, 3.63) is 108 Å². The Morgan fingerprint density at radius 2 is 1.61 bits per heavy atom. The third-order valence-electron chi connectivity index (χ3n) is 6.87. The van der Waals surface area contributed by atoms with E-state index in [1.54, 1.807) is 42.5 Å². The van der Waals surface area contributed by atoms with Gasteiger partial charge in [0.05, 0.1) is 26.7 Å². The number of thiazole rings is 1. The van der Waals surface area contributed by atoms with Crippen LogP contribution in [0.4, 0.5) is 15.8 Å². The molecule has 1 aromatic heterocycles. The quantitative estimate of drug-likeness (QED) is 0.252. The molecule has 3 heterocycles. The molecular weight excluding hydrogens is 632 g/mol. The Bertz CT molecular complexity index is 1780. The molecule has 0 aliphatic carbocycles. The average molecular weight is 649 g/mol. The van der Waals surface area contributed by atoms with Gasteiger partial charge in [0.1, 0.15) is 17.6 Å². The van der Waals surface area contributed by atoms with E-state index in [2.05, 4.69) is 5.32 Å². The normalized spacial score (nSPS) is 19.7. The summed E-state index contributed by atoms with van der Waals surface area (Å²) < 4.78 is 15.2. The van der Waals surface area contributed by atoms with Crippen LogP contribution in [-0.4, -0.2) is 27.5 Å². The Kier molecular flexibility index (Phi) is 7.46. The Labute approximate surface area is 255 Å². The second-order valence-corrected chi connectivity index (χ2v) is 12.8. The van der Waals surface area contributed by atoms with Crippen molar-refractivity contribution in [3.8, 4) is 0 Å². The molecule has 3 amide bonds. The van der Waals surface area contributed by atoms with Crippen LogP contribution in [0.5, 0.6) is 0 Å². The molecule has 1 N–H and O–H groups in total. The Hall–Kier alpha value is -3.15. The van der Waals surface area contributed by atoms with E-state index in [-0.39, 0.29) is 11.6 Å². The second-order valence-electron chi connectivity index (χ2n) is 9.38. The molecule has 6 rings (SSSR count). The van der Waals surface area contributed by atoms with E-state index in [1.165, 1.54) is 28.8 Å². The lowest BCUT2D eigenvalue weighted by Gasteiger charge is -2.30. The van der Waals surface area contributed by atoms with Crippen LogP contribution >= 0.6 is 57.9 Å². The van der Waals surface area contributed by atoms with Crippen LogP contribution in [0.2, 0.25) is 15.1 Å². The summed E-state index contributed by atoms with van der Waals surface area (Å²) in [5.74, 6) is -3.39. The zero-order valence-electron chi connectivity index (χ0n) is 20.6. The van der Waals surface area contributed by atoms with E-state index in [1.807, 2.05) is 0 Å². The average Bonchev–Trinajstić information content (AvgIpc) is 3.38. The summed E-state index contributed by atoms with van der Waals surface area (Å²) in [7, 11) is 0. The number of halogens is 4. The van der Waals surface area contributed by atoms with Gasteiger partial charge in [-0.15, -0.1) is 0 Å². The number of carbonyl (C=O) groups is 3. The van der Waals surface area contributed by atoms with Crippen LogP contribution in [0.3, 0.4) is 0 Å². The minimum Gasteiger partial charge on any atom is -0.324 e. The van der Waals surface area contributed by atoms with Crippen LogP contribution in [-0.2, 0) is 20.9 Å². The Morgan fingerprint density at radius 1 is 0.902 bits per heavy atom. The molecule has 3 aromatic carbocycles. The Morgan fingerprint density at radius 3 is 2.29 bits per heavy atom. The maximum absolute atomic E-state index is 13.9. The van der Waals surface area contributed by atoms with Gasteiger partial charge in [0.25, 0.3) is 0 Å². The highest BCUT2D eigenvalue weighted by Gasteiger charge is 2.56. The first kappa shape index (κ1) is 28.0. The van der Waals surface area contributed by atoms with Crippen molar-refractivity contribution in [2.24, 2.45) is 5.92 Å². The summed E-state index contributed by atoms with van der Waals surface area (Å²) in [6.07, 6.45) is 0. The smallest absolute Gasteiger partial charge is 0.308 e. The number of hydrogen-bond acceptors (Lipinski definition) is 6. The molecule has 0 bridgehead atoms. The van der Waals surface area contributed by atoms with Crippen molar-refractivity contribution in [2.45, 2.75) is 22.7 Å². The number of nitrogens with zero attached hydrogens (tertiary/aromatic N) is 2. The zero-order chi connectivity index (χ0) is 29.0. The molecule has 0 saturated carbocycles. The predicted molar refractivity (Wildman–Crippen MR) is 159 cm³/mol. The van der Waals surface area contributed by atoms with Gasteiger partial charge in [0.15, 0.2) is 0 Å². The minimum atomic E-state index is -0.876. The molecular formula is C28H17Cl3FN3O4S2. The fourth-order valence-corrected chi connectivity index (χ4v) is 8.24. The first-order valence-corrected chi connectivity index (χ1v) is 15.0. The van der Waals surface area contributed by atoms with Crippen molar-refractivity contribution >= 4 is 87.0 Å². The number of imide groups is 1. The van der Waals surface area contributed by atoms with E-state index in [4.69, 9.17) is 34.8 Å². The zero-order valence-corrected chi connectivity index (χ0v) is 24.5. The third kappa shape index (κ3) is 5.08. The summed E-state index contributed by atoms with van der Waals surface area (Å²) in [4.78, 5) is 55.0. The van der Waals surface area contributed by atoms with Gasteiger partial charge in [-0.25, -0.2) is 9.29 Å². The first-order chi connectivity index (χ1) is 19.6. The van der Waals surface area contributed by atoms with Crippen LogP contribution < -0.4 is 15.1 Å². The fourth-order valence-electron chi connectivity index (χ4n) is 5.05. The van der Waals surface area contributed by atoms with Gasteiger partial charge < -0.3 is 5.32 Å². The number of anilines is 2. The summed E-state index contributed by atoms with van der Waals surface area (Å²) in [6, 6.07) is 16.6. The van der Waals surface area contributed by atoms with E-state index in [0.717, 1.165) is 28.0 Å². The van der Waals surface area contributed by atoms with Crippen molar-refractivity contribution in [1.29, 1.82) is 0 Å². The first-order valence-electron chi connectivity index (χ1n) is 12.2. The molecule has 4 aromatic rings. The van der Waals surface area contributed by atoms with Crippen LogP contribution in [0.1, 0.15) is 16.4 Å². The highest BCUT2D eigenvalue weighted by atomic mass is 35.5. The number of carbonyl (C=O) groups excluding carboxylic acids is 3. The number of hydrogen-bond donors (Lipinski definition) is 1. The molecule has 13 heteroatoms. The van der Waals surface area contributed by atoms with Gasteiger partial charge in [-0.3, -0.25) is 23.7 Å². The molecule has 0 unspecified atom stereocenters. The van der Waals surface area contributed by atoms with E-state index in [9.17, 15) is 23.6 Å². The SMILES string of the molecule is O=C(Cn1c2c(sc1=O)[C@@H](c1ccc(F)cc1)[C@@H]1C(=O)N(c3ccc(Cl)cc3)C(=O)[C@@H]1S2)Nc1ccc(Cl)c(Cl)c1. The highest BCUT2D eigenvalue weighted by Crippen LogP contribution is 2.53. The lowest BCUT2D eigenvalue weighted by atomic mass is 9.83. The largest absolute Gasteiger partial charge is 0.324 e. The van der Waals surface area contributed by atoms with Crippen LogP contribution in [0, 0.1) is 11.7 Å². The summed E-state index contributed by atoms with van der Waals surface area (Å²) >= 11 is 20.0. The van der Waals surface area contributed by atoms with Crippen molar-refractivity contribution in [2.75, 3.05) is 10.2 Å². The van der Waals surface area contributed by atoms with E-state index >= 15 is 0 Å². The number of aromatic nitrogens is 1. The molecule has 2 aliphatic heterocycles. The molecule has 1 saturated heterocycles. The van der Waals surface area contributed by atoms with E-state index in [0.29, 0.717) is 36.9 Å². The number of benzene rings is 3. The molecule has 0 radical (unpaired) electrons. The lowest BCUT2D eigenvalue weighted by Crippen LogP contribution is -2.33. The van der Waals surface area contributed by atoms with Crippen molar-refractivity contribution in [1.82, 2.24) is 4.57 Å². The van der Waals surface area contributed by atoms with Gasteiger partial charge in [-0.05, 0) is 60.2 Å². The molecule has 3 atom stereocenters. The molecule has 7 nitrogen and oxygen atoms in total. The van der Waals surface area contributed by atoms with Crippen molar-refractivity contribution < 1.29 is 18.8 Å². The van der Waals surface area contributed by atoms with E-state index < -0.39 is 45.5 Å². The molecule has 0 spiro atoms. The molecule has 2 aliphatic rings. The minimum absolute atomic E-state index is 0.257. The Balaban J connectivity index is 1.40. The monoisotopic (exact) mass is 647 g/mol. The maximum Gasteiger partial charge on any atom is 0.308 e. The summed E-state index contributed by atoms with van der Waals surface area (Å²) in [5, 5.41) is 3.28. The van der Waals surface area contributed by atoms with Gasteiger partial charge in [0, 0.05) is 21.5 Å².